The van der Waals surface area contributed by atoms with Gasteiger partial charge in [-0.2, -0.15) is 0 Å². The number of carbonyl (C=O) groups is 1. The maximum absolute atomic E-state index is 13.4. The zero-order chi connectivity index (χ0) is 18.5. The Balaban J connectivity index is 1.66. The van der Waals surface area contributed by atoms with Crippen LogP contribution in [0.2, 0.25) is 5.02 Å². The first kappa shape index (κ1) is 18.7. The van der Waals surface area contributed by atoms with Crippen molar-refractivity contribution < 1.29 is 23.1 Å². The number of halogens is 2. The number of methoxy groups -OCH3 is 1. The predicted octanol–water partition coefficient (Wildman–Crippen LogP) is 3.54. The van der Waals surface area contributed by atoms with Crippen LogP contribution >= 0.6 is 11.6 Å². The van der Waals surface area contributed by atoms with E-state index in [0.29, 0.717) is 32.1 Å². The van der Waals surface area contributed by atoms with Crippen molar-refractivity contribution in [2.45, 2.75) is 12.1 Å². The summed E-state index contributed by atoms with van der Waals surface area (Å²) in [4.78, 5) is 14.3. The number of furan rings is 1. The van der Waals surface area contributed by atoms with Gasteiger partial charge in [0.2, 0.25) is 0 Å². The molecular formula is C18H20ClFN2O4. The minimum atomic E-state index is -0.485. The van der Waals surface area contributed by atoms with E-state index in [1.54, 1.807) is 36.5 Å². The van der Waals surface area contributed by atoms with Crippen molar-refractivity contribution >= 4 is 17.6 Å². The van der Waals surface area contributed by atoms with Crippen molar-refractivity contribution in [3.8, 4) is 0 Å². The zero-order valence-corrected chi connectivity index (χ0v) is 15.0. The summed E-state index contributed by atoms with van der Waals surface area (Å²) in [5.74, 6) is 0.136. The number of amides is 2. The summed E-state index contributed by atoms with van der Waals surface area (Å²) in [5, 5.41) is 2.94. The van der Waals surface area contributed by atoms with Gasteiger partial charge < -0.3 is 24.1 Å². The highest BCUT2D eigenvalue weighted by atomic mass is 35.5. The maximum Gasteiger partial charge on any atom is 0.318 e. The highest BCUT2D eigenvalue weighted by Gasteiger charge is 2.28. The third-order valence-corrected chi connectivity index (χ3v) is 4.48. The van der Waals surface area contributed by atoms with Crippen molar-refractivity contribution in [3.63, 3.8) is 0 Å². The van der Waals surface area contributed by atoms with Gasteiger partial charge in [0.1, 0.15) is 23.7 Å². The van der Waals surface area contributed by atoms with E-state index < -0.39 is 5.82 Å². The lowest BCUT2D eigenvalue weighted by Gasteiger charge is -2.34. The van der Waals surface area contributed by atoms with E-state index in [1.807, 2.05) is 0 Å². The number of hydrogen-bond donors (Lipinski definition) is 1. The molecule has 0 radical (unpaired) electrons. The second-order valence-corrected chi connectivity index (χ2v) is 6.36. The fourth-order valence-electron chi connectivity index (χ4n) is 2.84. The first-order chi connectivity index (χ1) is 12.6. The van der Waals surface area contributed by atoms with Gasteiger partial charge in [-0.05, 0) is 29.8 Å². The molecule has 2 heterocycles. The normalized spacial score (nSPS) is 18.6. The number of benzene rings is 1. The van der Waals surface area contributed by atoms with Crippen LogP contribution < -0.4 is 5.32 Å². The SMILES string of the molecule is COC[C@H](NC(=O)N1CCO[C@@H](c2ccc(F)c(Cl)c2)C1)c1ccco1. The summed E-state index contributed by atoms with van der Waals surface area (Å²) in [6.07, 6.45) is 1.18. The summed E-state index contributed by atoms with van der Waals surface area (Å²) in [6, 6.07) is 7.35. The molecule has 140 valence electrons. The molecule has 1 saturated heterocycles. The van der Waals surface area contributed by atoms with Crippen LogP contribution in [0.5, 0.6) is 0 Å². The Bertz CT molecular complexity index is 741. The molecule has 0 spiro atoms. The summed E-state index contributed by atoms with van der Waals surface area (Å²) in [5.41, 5.74) is 0.730. The topological polar surface area (TPSA) is 63.9 Å². The molecule has 0 aliphatic carbocycles. The van der Waals surface area contributed by atoms with Crippen LogP contribution in [0.3, 0.4) is 0 Å². The summed E-state index contributed by atoms with van der Waals surface area (Å²) < 4.78 is 29.6. The summed E-state index contributed by atoms with van der Waals surface area (Å²) in [7, 11) is 1.56. The first-order valence-corrected chi connectivity index (χ1v) is 8.60. The van der Waals surface area contributed by atoms with E-state index in [2.05, 4.69) is 5.32 Å². The number of ether oxygens (including phenoxy) is 2. The fraction of sp³-hybridized carbons (Fsp3) is 0.389. The maximum atomic E-state index is 13.4. The van der Waals surface area contributed by atoms with Crippen molar-refractivity contribution in [2.24, 2.45) is 0 Å². The van der Waals surface area contributed by atoms with Gasteiger partial charge in [-0.1, -0.05) is 17.7 Å². The highest BCUT2D eigenvalue weighted by molar-refractivity contribution is 6.30. The number of rotatable bonds is 5. The molecule has 2 atom stereocenters. The third-order valence-electron chi connectivity index (χ3n) is 4.19. The molecule has 1 N–H and O–H groups in total. The van der Waals surface area contributed by atoms with E-state index in [1.165, 1.54) is 12.1 Å². The quantitative estimate of drug-likeness (QED) is 0.859. The molecule has 2 amide bonds. The van der Waals surface area contributed by atoms with Crippen LogP contribution in [0.1, 0.15) is 23.5 Å². The van der Waals surface area contributed by atoms with Gasteiger partial charge >= 0.3 is 6.03 Å². The molecule has 6 nitrogen and oxygen atoms in total. The lowest BCUT2D eigenvalue weighted by Crippen LogP contribution is -2.48. The number of urea groups is 1. The van der Waals surface area contributed by atoms with Crippen molar-refractivity contribution in [3.05, 3.63) is 58.8 Å². The molecule has 0 saturated carbocycles. The van der Waals surface area contributed by atoms with Crippen LogP contribution in [0.25, 0.3) is 0 Å². The Morgan fingerprint density at radius 1 is 1.50 bits per heavy atom. The zero-order valence-electron chi connectivity index (χ0n) is 14.3. The molecule has 0 unspecified atom stereocenters. The molecule has 8 heteroatoms. The van der Waals surface area contributed by atoms with Crippen LogP contribution in [0.15, 0.2) is 41.0 Å². The van der Waals surface area contributed by atoms with Crippen molar-refractivity contribution in [1.29, 1.82) is 0 Å². The molecule has 1 aliphatic rings. The molecule has 1 fully saturated rings. The predicted molar refractivity (Wildman–Crippen MR) is 93.5 cm³/mol. The Hall–Kier alpha value is -2.09. The van der Waals surface area contributed by atoms with Gasteiger partial charge in [0, 0.05) is 13.7 Å². The lowest BCUT2D eigenvalue weighted by molar-refractivity contribution is -0.0162. The summed E-state index contributed by atoms with van der Waals surface area (Å²) in [6.45, 7) is 1.46. The van der Waals surface area contributed by atoms with E-state index in [0.717, 1.165) is 5.56 Å². The largest absolute Gasteiger partial charge is 0.467 e. The van der Waals surface area contributed by atoms with E-state index >= 15 is 0 Å². The smallest absolute Gasteiger partial charge is 0.318 e. The average Bonchev–Trinajstić information content (AvgIpc) is 3.18. The third kappa shape index (κ3) is 4.35. The van der Waals surface area contributed by atoms with Gasteiger partial charge in [-0.3, -0.25) is 0 Å². The van der Waals surface area contributed by atoms with Crippen molar-refractivity contribution in [1.82, 2.24) is 10.2 Å². The summed E-state index contributed by atoms with van der Waals surface area (Å²) >= 11 is 5.84. The lowest BCUT2D eigenvalue weighted by atomic mass is 10.1. The van der Waals surface area contributed by atoms with Crippen LogP contribution in [-0.2, 0) is 9.47 Å². The Kier molecular flexibility index (Phi) is 6.13. The first-order valence-electron chi connectivity index (χ1n) is 8.23. The van der Waals surface area contributed by atoms with E-state index in [9.17, 15) is 9.18 Å². The number of carbonyl (C=O) groups excluding carboxylic acids is 1. The monoisotopic (exact) mass is 382 g/mol. The van der Waals surface area contributed by atoms with Gasteiger partial charge in [0.15, 0.2) is 0 Å². The fourth-order valence-corrected chi connectivity index (χ4v) is 3.03. The van der Waals surface area contributed by atoms with E-state index in [4.69, 9.17) is 25.5 Å². The molecule has 1 aromatic carbocycles. The molecule has 1 aliphatic heterocycles. The number of hydrogen-bond acceptors (Lipinski definition) is 4. The molecule has 0 bridgehead atoms. The van der Waals surface area contributed by atoms with Crippen LogP contribution in [-0.4, -0.2) is 44.3 Å². The Labute approximate surface area is 155 Å². The minimum absolute atomic E-state index is 0.0330. The number of nitrogens with one attached hydrogen (secondary N) is 1. The van der Waals surface area contributed by atoms with Crippen molar-refractivity contribution in [2.75, 3.05) is 33.4 Å². The number of nitrogens with zero attached hydrogens (tertiary/aromatic N) is 1. The van der Waals surface area contributed by atoms with Gasteiger partial charge in [0.05, 0.1) is 31.0 Å². The molecule has 26 heavy (non-hydrogen) atoms. The molecular weight excluding hydrogens is 363 g/mol. The van der Waals surface area contributed by atoms with Gasteiger partial charge in [-0.15, -0.1) is 0 Å². The second kappa shape index (κ2) is 8.53. The molecule has 1 aromatic heterocycles. The highest BCUT2D eigenvalue weighted by Crippen LogP contribution is 2.26. The second-order valence-electron chi connectivity index (χ2n) is 5.95. The average molecular weight is 383 g/mol. The van der Waals surface area contributed by atoms with Crippen LogP contribution in [0.4, 0.5) is 9.18 Å². The van der Waals surface area contributed by atoms with E-state index in [-0.39, 0.29) is 23.2 Å². The van der Waals surface area contributed by atoms with Crippen LogP contribution in [0, 0.1) is 5.82 Å². The standard InChI is InChI=1S/C18H20ClFN2O4/c1-24-11-15(16-3-2-7-25-16)21-18(23)22-6-8-26-17(10-22)12-4-5-14(20)13(19)9-12/h2-5,7,9,15,17H,6,8,10-11H2,1H3,(H,21,23)/t15-,17+/m0/s1. The molecule has 2 aromatic rings. The van der Waals surface area contributed by atoms with Gasteiger partial charge in [0.25, 0.3) is 0 Å². The Morgan fingerprint density at radius 2 is 2.35 bits per heavy atom. The molecule has 3 rings (SSSR count). The minimum Gasteiger partial charge on any atom is -0.467 e. The van der Waals surface area contributed by atoms with Gasteiger partial charge in [-0.25, -0.2) is 9.18 Å². The Morgan fingerprint density at radius 3 is 3.04 bits per heavy atom. The number of morpholine rings is 1.